The minimum absolute atomic E-state index is 0.0161. The van der Waals surface area contributed by atoms with E-state index in [2.05, 4.69) is 9.97 Å². The van der Waals surface area contributed by atoms with E-state index < -0.39 is 0 Å². The molecular weight excluding hydrogens is 324 g/mol. The van der Waals surface area contributed by atoms with E-state index >= 15 is 0 Å². The van der Waals surface area contributed by atoms with Crippen LogP contribution in [-0.2, 0) is 0 Å². The fourth-order valence-electron chi connectivity index (χ4n) is 3.24. The molecule has 0 unspecified atom stereocenters. The molecule has 3 aromatic rings. The van der Waals surface area contributed by atoms with Gasteiger partial charge in [-0.25, -0.2) is 9.97 Å². The Morgan fingerprint density at radius 2 is 2.00 bits per heavy atom. The summed E-state index contributed by atoms with van der Waals surface area (Å²) >= 11 is 5.88. The lowest BCUT2D eigenvalue weighted by atomic mass is 9.95. The molecule has 1 amide bonds. The summed E-state index contributed by atoms with van der Waals surface area (Å²) in [4.78, 5) is 26.5. The van der Waals surface area contributed by atoms with Crippen LogP contribution < -0.4 is 0 Å². The average molecular weight is 341 g/mol. The maximum Gasteiger partial charge on any atom is 0.254 e. The van der Waals surface area contributed by atoms with Gasteiger partial charge in [-0.1, -0.05) is 23.7 Å². The van der Waals surface area contributed by atoms with Crippen molar-refractivity contribution in [2.45, 2.75) is 18.8 Å². The number of nitrogens with zero attached hydrogens (tertiary/aromatic N) is 3. The third-order valence-corrected chi connectivity index (χ3v) is 4.76. The van der Waals surface area contributed by atoms with E-state index in [9.17, 15) is 4.79 Å². The van der Waals surface area contributed by atoms with E-state index in [0.29, 0.717) is 16.6 Å². The molecular formula is C18H17ClN4O. The van der Waals surface area contributed by atoms with Gasteiger partial charge in [-0.3, -0.25) is 4.79 Å². The molecule has 0 aliphatic carbocycles. The monoisotopic (exact) mass is 340 g/mol. The highest BCUT2D eigenvalue weighted by Crippen LogP contribution is 2.28. The number of carbonyl (C=O) groups excluding carboxylic acids is 1. The molecule has 1 aliphatic rings. The zero-order chi connectivity index (χ0) is 16.5. The van der Waals surface area contributed by atoms with Crippen LogP contribution in [0.2, 0.25) is 5.15 Å². The number of likely N-dealkylation sites (tertiary alicyclic amines) is 1. The molecule has 4 rings (SSSR count). The van der Waals surface area contributed by atoms with Crippen LogP contribution in [0.3, 0.4) is 0 Å². The molecule has 122 valence electrons. The van der Waals surface area contributed by atoms with Crippen LogP contribution in [0.15, 0.2) is 42.6 Å². The summed E-state index contributed by atoms with van der Waals surface area (Å²) in [6, 6.07) is 11.4. The first-order chi connectivity index (χ1) is 11.7. The van der Waals surface area contributed by atoms with Crippen molar-refractivity contribution in [3.8, 4) is 0 Å². The number of benzene rings is 1. The summed E-state index contributed by atoms with van der Waals surface area (Å²) in [5.41, 5.74) is 2.66. The zero-order valence-corrected chi connectivity index (χ0v) is 13.8. The molecule has 24 heavy (non-hydrogen) atoms. The molecule has 5 nitrogen and oxygen atoms in total. The quantitative estimate of drug-likeness (QED) is 0.724. The molecule has 0 bridgehead atoms. The maximum atomic E-state index is 12.6. The summed E-state index contributed by atoms with van der Waals surface area (Å²) in [6.45, 7) is 1.45. The molecule has 3 heterocycles. The van der Waals surface area contributed by atoms with Crippen LogP contribution in [0.5, 0.6) is 0 Å². The van der Waals surface area contributed by atoms with Crippen LogP contribution in [0.1, 0.15) is 34.9 Å². The van der Waals surface area contributed by atoms with Gasteiger partial charge in [-0.05, 0) is 37.1 Å². The predicted octanol–water partition coefficient (Wildman–Crippen LogP) is 3.63. The second-order valence-corrected chi connectivity index (χ2v) is 6.46. The van der Waals surface area contributed by atoms with Crippen LogP contribution >= 0.6 is 11.6 Å². The summed E-state index contributed by atoms with van der Waals surface area (Å²) in [5, 5.41) is 0.345. The molecule has 0 atom stereocenters. The zero-order valence-electron chi connectivity index (χ0n) is 13.1. The van der Waals surface area contributed by atoms with Gasteiger partial charge < -0.3 is 9.88 Å². The first kappa shape index (κ1) is 15.1. The minimum atomic E-state index is 0.0161. The molecule has 1 aromatic carbocycles. The van der Waals surface area contributed by atoms with E-state index in [1.165, 1.54) is 0 Å². The van der Waals surface area contributed by atoms with Crippen molar-refractivity contribution < 1.29 is 4.79 Å². The van der Waals surface area contributed by atoms with Gasteiger partial charge in [0, 0.05) is 30.8 Å². The number of hydrogen-bond acceptors (Lipinski definition) is 3. The molecule has 1 N–H and O–H groups in total. The topological polar surface area (TPSA) is 61.9 Å². The summed E-state index contributed by atoms with van der Waals surface area (Å²) < 4.78 is 0. The van der Waals surface area contributed by atoms with Gasteiger partial charge in [-0.2, -0.15) is 0 Å². The maximum absolute atomic E-state index is 12.6. The predicted molar refractivity (Wildman–Crippen MR) is 93.2 cm³/mol. The van der Waals surface area contributed by atoms with Gasteiger partial charge in [0.15, 0.2) is 0 Å². The molecule has 2 aromatic heterocycles. The number of fused-ring (bicyclic) bond motifs is 1. The molecule has 6 heteroatoms. The third-order valence-electron chi connectivity index (χ3n) is 4.55. The molecule has 0 saturated carbocycles. The van der Waals surface area contributed by atoms with Gasteiger partial charge in [0.25, 0.3) is 5.91 Å². The largest absolute Gasteiger partial charge is 0.342 e. The first-order valence-electron chi connectivity index (χ1n) is 8.06. The van der Waals surface area contributed by atoms with Crippen molar-refractivity contribution in [3.63, 3.8) is 0 Å². The highest BCUT2D eigenvalue weighted by molar-refractivity contribution is 6.29. The molecule has 1 saturated heterocycles. The number of pyridine rings is 1. The number of aromatic amines is 1. The highest BCUT2D eigenvalue weighted by atomic mass is 35.5. The number of aromatic nitrogens is 3. The van der Waals surface area contributed by atoms with Crippen LogP contribution in [0.25, 0.3) is 11.0 Å². The van der Waals surface area contributed by atoms with Crippen molar-refractivity contribution >= 4 is 28.5 Å². The lowest BCUT2D eigenvalue weighted by Crippen LogP contribution is -2.38. The van der Waals surface area contributed by atoms with Crippen molar-refractivity contribution in [2.24, 2.45) is 0 Å². The van der Waals surface area contributed by atoms with Gasteiger partial charge in [0.2, 0.25) is 0 Å². The second-order valence-electron chi connectivity index (χ2n) is 6.07. The summed E-state index contributed by atoms with van der Waals surface area (Å²) in [5.74, 6) is 1.40. The van der Waals surface area contributed by atoms with E-state index in [1.807, 2.05) is 29.2 Å². The minimum Gasteiger partial charge on any atom is -0.342 e. The number of para-hydroxylation sites is 2. The Morgan fingerprint density at radius 3 is 2.75 bits per heavy atom. The summed E-state index contributed by atoms with van der Waals surface area (Å²) in [7, 11) is 0. The number of carbonyl (C=O) groups is 1. The third kappa shape index (κ3) is 2.87. The molecule has 1 fully saturated rings. The van der Waals surface area contributed by atoms with Crippen molar-refractivity contribution in [1.82, 2.24) is 19.9 Å². The van der Waals surface area contributed by atoms with Gasteiger partial charge in [0.05, 0.1) is 11.0 Å². The SMILES string of the molecule is O=C(c1ccnc(Cl)c1)N1CCC(c2nc3ccccc3[nH]2)CC1. The number of imidazole rings is 1. The highest BCUT2D eigenvalue weighted by Gasteiger charge is 2.26. The van der Waals surface area contributed by atoms with Gasteiger partial charge in [-0.15, -0.1) is 0 Å². The Labute approximate surface area is 144 Å². The number of amides is 1. The van der Waals surface area contributed by atoms with Crippen molar-refractivity contribution in [3.05, 3.63) is 59.1 Å². The number of nitrogens with one attached hydrogen (secondary N) is 1. The Hall–Kier alpha value is -2.40. The Kier molecular flexibility index (Phi) is 3.94. The van der Waals surface area contributed by atoms with Crippen LogP contribution in [-0.4, -0.2) is 38.8 Å². The average Bonchev–Trinajstić information content (AvgIpc) is 3.05. The Morgan fingerprint density at radius 1 is 1.21 bits per heavy atom. The fourth-order valence-corrected chi connectivity index (χ4v) is 3.41. The fraction of sp³-hybridized carbons (Fsp3) is 0.278. The van der Waals surface area contributed by atoms with Crippen molar-refractivity contribution in [1.29, 1.82) is 0 Å². The number of rotatable bonds is 2. The lowest BCUT2D eigenvalue weighted by molar-refractivity contribution is 0.0711. The number of halogens is 1. The Bertz CT molecular complexity index is 850. The number of H-pyrrole nitrogens is 1. The van der Waals surface area contributed by atoms with Crippen LogP contribution in [0, 0.1) is 0 Å². The number of piperidine rings is 1. The van der Waals surface area contributed by atoms with E-state index in [4.69, 9.17) is 16.6 Å². The van der Waals surface area contributed by atoms with Gasteiger partial charge >= 0.3 is 0 Å². The van der Waals surface area contributed by atoms with E-state index in [1.54, 1.807) is 18.3 Å². The standard InChI is InChI=1S/C18H17ClN4O/c19-16-11-13(5-8-20-16)18(24)23-9-6-12(7-10-23)17-21-14-3-1-2-4-15(14)22-17/h1-5,8,11-12H,6-7,9-10H2,(H,21,22). The second kappa shape index (κ2) is 6.24. The molecule has 0 spiro atoms. The van der Waals surface area contributed by atoms with Crippen molar-refractivity contribution in [2.75, 3.05) is 13.1 Å². The first-order valence-corrected chi connectivity index (χ1v) is 8.44. The molecule has 1 aliphatic heterocycles. The molecule has 0 radical (unpaired) electrons. The number of hydrogen-bond donors (Lipinski definition) is 1. The summed E-state index contributed by atoms with van der Waals surface area (Å²) in [6.07, 6.45) is 3.38. The van der Waals surface area contributed by atoms with Crippen LogP contribution in [0.4, 0.5) is 0 Å². The Balaban J connectivity index is 1.45. The van der Waals surface area contributed by atoms with E-state index in [-0.39, 0.29) is 5.91 Å². The van der Waals surface area contributed by atoms with E-state index in [0.717, 1.165) is 42.8 Å². The lowest BCUT2D eigenvalue weighted by Gasteiger charge is -2.31. The normalized spacial score (nSPS) is 15.8. The smallest absolute Gasteiger partial charge is 0.254 e. The van der Waals surface area contributed by atoms with Gasteiger partial charge in [0.1, 0.15) is 11.0 Å².